The van der Waals surface area contributed by atoms with Gasteiger partial charge >= 0.3 is 5.97 Å². The molecule has 1 amide bonds. The summed E-state index contributed by atoms with van der Waals surface area (Å²) >= 11 is 5.47. The van der Waals surface area contributed by atoms with E-state index < -0.39 is 11.9 Å². The molecule has 0 atom stereocenters. The SMILES string of the molecule is COC(=O)COc1ccccc1/C=C1\N=C(c2ccccc2)N(NC(=S)Nc2ccc(C)cc2)C1=O. The van der Waals surface area contributed by atoms with Crippen molar-refractivity contribution in [2.75, 3.05) is 19.0 Å². The Labute approximate surface area is 214 Å². The molecule has 3 aromatic rings. The number of aryl methyl sites for hydroxylation is 1. The minimum Gasteiger partial charge on any atom is -0.481 e. The number of amidine groups is 1. The standard InChI is InChI=1S/C27H24N4O4S/c1-18-12-14-21(15-13-18)28-27(36)30-31-25(19-8-4-3-5-9-19)29-22(26(31)33)16-20-10-6-7-11-23(20)35-17-24(32)34-2/h3-16H,17H2,1-2H3,(H2,28,30,36)/b22-16-. The lowest BCUT2D eigenvalue weighted by Crippen LogP contribution is -2.48. The van der Waals surface area contributed by atoms with Gasteiger partial charge < -0.3 is 14.8 Å². The molecular weight excluding hydrogens is 476 g/mol. The van der Waals surface area contributed by atoms with Crippen molar-refractivity contribution >= 4 is 46.8 Å². The molecule has 9 heteroatoms. The summed E-state index contributed by atoms with van der Waals surface area (Å²) in [6, 6.07) is 24.1. The third-order valence-corrected chi connectivity index (χ3v) is 5.39. The number of thiocarbonyl (C=S) groups is 1. The second kappa shape index (κ2) is 11.3. The fourth-order valence-electron chi connectivity index (χ4n) is 3.37. The van der Waals surface area contributed by atoms with Crippen molar-refractivity contribution in [1.82, 2.24) is 10.4 Å². The van der Waals surface area contributed by atoms with E-state index in [2.05, 4.69) is 20.5 Å². The number of carbonyl (C=O) groups excluding carboxylic acids is 2. The van der Waals surface area contributed by atoms with Crippen LogP contribution in [-0.2, 0) is 14.3 Å². The largest absolute Gasteiger partial charge is 0.481 e. The van der Waals surface area contributed by atoms with Crippen molar-refractivity contribution in [3.8, 4) is 5.75 Å². The fraction of sp³-hybridized carbons (Fsp3) is 0.111. The maximum atomic E-state index is 13.4. The van der Waals surface area contributed by atoms with Crippen LogP contribution < -0.4 is 15.5 Å². The molecule has 0 radical (unpaired) electrons. The number of nitrogens with one attached hydrogen (secondary N) is 2. The van der Waals surface area contributed by atoms with E-state index in [1.54, 1.807) is 30.3 Å². The van der Waals surface area contributed by atoms with Crippen LogP contribution in [0.1, 0.15) is 16.7 Å². The minimum atomic E-state index is -0.510. The Morgan fingerprint density at radius 2 is 1.72 bits per heavy atom. The van der Waals surface area contributed by atoms with Gasteiger partial charge in [-0.2, -0.15) is 5.01 Å². The van der Waals surface area contributed by atoms with E-state index in [9.17, 15) is 9.59 Å². The second-order valence-corrected chi connectivity index (χ2v) is 8.21. The fourth-order valence-corrected chi connectivity index (χ4v) is 3.58. The van der Waals surface area contributed by atoms with Gasteiger partial charge in [0, 0.05) is 16.8 Å². The second-order valence-electron chi connectivity index (χ2n) is 7.81. The molecule has 0 fully saturated rings. The Kier molecular flexibility index (Phi) is 7.72. The van der Waals surface area contributed by atoms with Crippen molar-refractivity contribution in [3.05, 3.63) is 101 Å². The smallest absolute Gasteiger partial charge is 0.343 e. The molecule has 1 aliphatic rings. The molecule has 0 spiro atoms. The van der Waals surface area contributed by atoms with Gasteiger partial charge in [0.1, 0.15) is 11.4 Å². The molecular formula is C27H24N4O4S. The third-order valence-electron chi connectivity index (χ3n) is 5.20. The van der Waals surface area contributed by atoms with Crippen molar-refractivity contribution < 1.29 is 19.1 Å². The molecule has 0 aromatic heterocycles. The lowest BCUT2D eigenvalue weighted by atomic mass is 10.1. The van der Waals surface area contributed by atoms with Crippen LogP contribution in [0.3, 0.4) is 0 Å². The van der Waals surface area contributed by atoms with Crippen molar-refractivity contribution in [1.29, 1.82) is 0 Å². The number of carbonyl (C=O) groups is 2. The van der Waals surface area contributed by atoms with Crippen LogP contribution in [0.25, 0.3) is 6.08 Å². The van der Waals surface area contributed by atoms with E-state index >= 15 is 0 Å². The quantitative estimate of drug-likeness (QED) is 0.287. The number of ether oxygens (including phenoxy) is 2. The number of hydrogen-bond acceptors (Lipinski definition) is 6. The first-order valence-electron chi connectivity index (χ1n) is 11.1. The molecule has 0 saturated heterocycles. The predicted octanol–water partition coefficient (Wildman–Crippen LogP) is 4.08. The van der Waals surface area contributed by atoms with E-state index in [-0.39, 0.29) is 17.4 Å². The van der Waals surface area contributed by atoms with Crippen LogP contribution in [-0.4, -0.2) is 41.6 Å². The van der Waals surface area contributed by atoms with E-state index in [0.29, 0.717) is 17.1 Å². The number of esters is 1. The zero-order valence-electron chi connectivity index (χ0n) is 19.7. The van der Waals surface area contributed by atoms with Gasteiger partial charge in [-0.3, -0.25) is 10.2 Å². The first-order valence-corrected chi connectivity index (χ1v) is 11.5. The van der Waals surface area contributed by atoms with E-state index in [1.807, 2.05) is 61.5 Å². The Bertz CT molecular complexity index is 1340. The van der Waals surface area contributed by atoms with Gasteiger partial charge in [0.05, 0.1) is 7.11 Å². The van der Waals surface area contributed by atoms with E-state index in [4.69, 9.17) is 17.0 Å². The van der Waals surface area contributed by atoms with Crippen LogP contribution in [0.15, 0.2) is 89.6 Å². The minimum absolute atomic E-state index is 0.175. The van der Waals surface area contributed by atoms with Crippen molar-refractivity contribution in [3.63, 3.8) is 0 Å². The summed E-state index contributed by atoms with van der Waals surface area (Å²) in [6.45, 7) is 1.74. The average Bonchev–Trinajstić information content (AvgIpc) is 3.19. The summed E-state index contributed by atoms with van der Waals surface area (Å²) in [5.41, 5.74) is 6.36. The number of benzene rings is 3. The number of hydrogen-bond donors (Lipinski definition) is 2. The van der Waals surface area contributed by atoms with Gasteiger partial charge in [-0.1, -0.05) is 66.2 Å². The maximum Gasteiger partial charge on any atom is 0.343 e. The predicted molar refractivity (Wildman–Crippen MR) is 142 cm³/mol. The molecule has 36 heavy (non-hydrogen) atoms. The lowest BCUT2D eigenvalue weighted by Gasteiger charge is -2.21. The number of methoxy groups -OCH3 is 1. The zero-order valence-corrected chi connectivity index (χ0v) is 20.5. The number of anilines is 1. The number of rotatable bonds is 7. The maximum absolute atomic E-state index is 13.4. The Morgan fingerprint density at radius 3 is 2.44 bits per heavy atom. The molecule has 0 saturated carbocycles. The van der Waals surface area contributed by atoms with Gasteiger partial charge in [-0.05, 0) is 43.4 Å². The summed E-state index contributed by atoms with van der Waals surface area (Å²) in [6.07, 6.45) is 1.61. The summed E-state index contributed by atoms with van der Waals surface area (Å²) in [7, 11) is 1.29. The monoisotopic (exact) mass is 500 g/mol. The summed E-state index contributed by atoms with van der Waals surface area (Å²) in [4.78, 5) is 29.5. The van der Waals surface area contributed by atoms with Gasteiger partial charge in [0.2, 0.25) is 0 Å². The molecule has 182 valence electrons. The number of aliphatic imine (C=N–C) groups is 1. The molecule has 1 aliphatic heterocycles. The van der Waals surface area contributed by atoms with E-state index in [1.165, 1.54) is 12.1 Å². The molecule has 8 nitrogen and oxygen atoms in total. The number of nitrogens with zero attached hydrogens (tertiary/aromatic N) is 2. The highest BCUT2D eigenvalue weighted by Crippen LogP contribution is 2.25. The van der Waals surface area contributed by atoms with Gasteiger partial charge in [0.15, 0.2) is 17.6 Å². The van der Waals surface area contributed by atoms with Crippen LogP contribution in [0.5, 0.6) is 5.75 Å². The topological polar surface area (TPSA) is 92.3 Å². The first kappa shape index (κ1) is 24.6. The zero-order chi connectivity index (χ0) is 25.5. The molecule has 4 rings (SSSR count). The van der Waals surface area contributed by atoms with Gasteiger partial charge in [0.25, 0.3) is 5.91 Å². The number of para-hydroxylation sites is 1. The third kappa shape index (κ3) is 5.94. The van der Waals surface area contributed by atoms with Gasteiger partial charge in [-0.25, -0.2) is 9.79 Å². The van der Waals surface area contributed by atoms with Crippen molar-refractivity contribution in [2.45, 2.75) is 6.92 Å². The molecule has 0 aliphatic carbocycles. The Morgan fingerprint density at radius 1 is 1.03 bits per heavy atom. The highest BCUT2D eigenvalue weighted by atomic mass is 32.1. The highest BCUT2D eigenvalue weighted by molar-refractivity contribution is 7.80. The summed E-state index contributed by atoms with van der Waals surface area (Å²) in [5.74, 6) is -0.0936. The molecule has 2 N–H and O–H groups in total. The van der Waals surface area contributed by atoms with Crippen molar-refractivity contribution in [2.24, 2.45) is 4.99 Å². The average molecular weight is 501 g/mol. The normalized spacial score (nSPS) is 13.8. The Balaban J connectivity index is 1.61. The number of hydrazine groups is 1. The first-order chi connectivity index (χ1) is 17.4. The van der Waals surface area contributed by atoms with Crippen LogP contribution in [0.4, 0.5) is 5.69 Å². The molecule has 0 bridgehead atoms. The lowest BCUT2D eigenvalue weighted by molar-refractivity contribution is -0.142. The van der Waals surface area contributed by atoms with Gasteiger partial charge in [-0.15, -0.1) is 0 Å². The van der Waals surface area contributed by atoms with Crippen LogP contribution >= 0.6 is 12.2 Å². The molecule has 3 aromatic carbocycles. The van der Waals surface area contributed by atoms with E-state index in [0.717, 1.165) is 16.8 Å². The summed E-state index contributed by atoms with van der Waals surface area (Å²) in [5, 5.41) is 4.63. The molecule has 0 unspecified atom stereocenters. The van der Waals surface area contributed by atoms with Crippen LogP contribution in [0, 0.1) is 6.92 Å². The highest BCUT2D eigenvalue weighted by Gasteiger charge is 2.32. The van der Waals surface area contributed by atoms with Crippen LogP contribution in [0.2, 0.25) is 0 Å². The number of amides is 1. The summed E-state index contributed by atoms with van der Waals surface area (Å²) < 4.78 is 10.2. The Hall–Kier alpha value is -4.50. The molecule has 1 heterocycles.